The molecular weight excluding hydrogens is 272 g/mol. The molecule has 0 spiro atoms. The van der Waals surface area contributed by atoms with Crippen LogP contribution in [0.25, 0.3) is 0 Å². The van der Waals surface area contributed by atoms with Gasteiger partial charge in [0.05, 0.1) is 6.61 Å². The van der Waals surface area contributed by atoms with Crippen molar-refractivity contribution < 1.29 is 9.53 Å². The summed E-state index contributed by atoms with van der Waals surface area (Å²) < 4.78 is 5.07. The predicted molar refractivity (Wildman–Crippen MR) is 89.4 cm³/mol. The normalized spacial score (nSPS) is 39.7. The summed E-state index contributed by atoms with van der Waals surface area (Å²) in [7, 11) is 0. The van der Waals surface area contributed by atoms with Gasteiger partial charge in [0.15, 0.2) is 0 Å². The molecule has 3 rings (SSSR count). The van der Waals surface area contributed by atoms with Gasteiger partial charge >= 0.3 is 5.97 Å². The van der Waals surface area contributed by atoms with E-state index < -0.39 is 0 Å². The number of hydrogen-bond acceptors (Lipinski definition) is 2. The summed E-state index contributed by atoms with van der Waals surface area (Å²) in [5, 5.41) is 0. The Bertz CT molecular complexity index is 514. The second kappa shape index (κ2) is 5.54. The number of rotatable bonds is 2. The predicted octanol–water partition coefficient (Wildman–Crippen LogP) is 5.05. The Morgan fingerprint density at radius 3 is 2.73 bits per heavy atom. The number of fused-ring (bicyclic) bond motifs is 1. The van der Waals surface area contributed by atoms with Crippen LogP contribution >= 0.6 is 0 Å². The molecule has 1 saturated heterocycles. The van der Waals surface area contributed by atoms with E-state index in [1.807, 2.05) is 0 Å². The first-order chi connectivity index (χ1) is 10.3. The fourth-order valence-corrected chi connectivity index (χ4v) is 5.60. The van der Waals surface area contributed by atoms with E-state index in [1.165, 1.54) is 31.3 Å². The van der Waals surface area contributed by atoms with Gasteiger partial charge in [-0.3, -0.25) is 0 Å². The molecule has 122 valence electrons. The summed E-state index contributed by atoms with van der Waals surface area (Å²) in [6.45, 7) is 12.3. The summed E-state index contributed by atoms with van der Waals surface area (Å²) >= 11 is 0. The molecule has 2 aliphatic carbocycles. The molecule has 2 nitrogen and oxygen atoms in total. The van der Waals surface area contributed by atoms with Crippen LogP contribution in [0.3, 0.4) is 0 Å². The van der Waals surface area contributed by atoms with Crippen LogP contribution in [0.15, 0.2) is 23.8 Å². The largest absolute Gasteiger partial charge is 0.462 e. The molecule has 22 heavy (non-hydrogen) atoms. The Labute approximate surface area is 135 Å². The van der Waals surface area contributed by atoms with Gasteiger partial charge in [0.1, 0.15) is 0 Å². The van der Waals surface area contributed by atoms with E-state index in [0.717, 1.165) is 30.8 Å². The molecule has 3 atom stereocenters. The highest BCUT2D eigenvalue weighted by molar-refractivity contribution is 5.90. The van der Waals surface area contributed by atoms with Crippen LogP contribution in [-0.2, 0) is 9.53 Å². The van der Waals surface area contributed by atoms with Crippen molar-refractivity contribution in [3.63, 3.8) is 0 Å². The van der Waals surface area contributed by atoms with Crippen LogP contribution in [0, 0.1) is 22.7 Å². The van der Waals surface area contributed by atoms with Crippen molar-refractivity contribution >= 4 is 5.97 Å². The van der Waals surface area contributed by atoms with Crippen LogP contribution in [0.5, 0.6) is 0 Å². The van der Waals surface area contributed by atoms with Gasteiger partial charge < -0.3 is 4.74 Å². The van der Waals surface area contributed by atoms with Crippen molar-refractivity contribution in [2.75, 3.05) is 6.61 Å². The van der Waals surface area contributed by atoms with Crippen molar-refractivity contribution in [3.8, 4) is 0 Å². The number of ether oxygens (including phenoxy) is 1. The van der Waals surface area contributed by atoms with E-state index in [9.17, 15) is 4.79 Å². The highest BCUT2D eigenvalue weighted by Crippen LogP contribution is 2.61. The molecule has 3 aliphatic rings. The molecule has 3 fully saturated rings. The lowest BCUT2D eigenvalue weighted by molar-refractivity contribution is -0.135. The SMILES string of the molecule is C=C1CC[C@H]2C(C)(C)CCC[C@]2(C)[C@H]1C/C=C1\CCOC1=O. The van der Waals surface area contributed by atoms with E-state index >= 15 is 0 Å². The van der Waals surface area contributed by atoms with Gasteiger partial charge in [0, 0.05) is 12.0 Å². The van der Waals surface area contributed by atoms with Gasteiger partial charge in [0.25, 0.3) is 0 Å². The first-order valence-electron chi connectivity index (χ1n) is 8.88. The fraction of sp³-hybridized carbons (Fsp3) is 0.750. The Balaban J connectivity index is 1.84. The average Bonchev–Trinajstić information content (AvgIpc) is 2.82. The van der Waals surface area contributed by atoms with Crippen molar-refractivity contribution in [2.24, 2.45) is 22.7 Å². The highest BCUT2D eigenvalue weighted by Gasteiger charge is 2.52. The third-order valence-electron chi connectivity index (χ3n) is 6.79. The molecule has 0 unspecified atom stereocenters. The van der Waals surface area contributed by atoms with Crippen LogP contribution in [-0.4, -0.2) is 12.6 Å². The molecule has 0 amide bonds. The minimum Gasteiger partial charge on any atom is -0.462 e. The van der Waals surface area contributed by atoms with E-state index in [4.69, 9.17) is 4.74 Å². The zero-order valence-corrected chi connectivity index (χ0v) is 14.4. The lowest BCUT2D eigenvalue weighted by Gasteiger charge is -2.58. The Hall–Kier alpha value is -1.05. The van der Waals surface area contributed by atoms with Crippen molar-refractivity contribution in [1.29, 1.82) is 0 Å². The summed E-state index contributed by atoms with van der Waals surface area (Å²) in [5.41, 5.74) is 3.07. The van der Waals surface area contributed by atoms with Crippen LogP contribution in [0.2, 0.25) is 0 Å². The lowest BCUT2D eigenvalue weighted by Crippen LogP contribution is -2.49. The summed E-state index contributed by atoms with van der Waals surface area (Å²) in [6, 6.07) is 0. The second-order valence-corrected chi connectivity index (χ2v) is 8.50. The standard InChI is InChI=1S/C20H30O2/c1-14-6-9-17-19(2,3)11-5-12-20(17,4)16(14)8-7-15-10-13-22-18(15)21/h7,16-17H,1,5-6,8-13H2,2-4H3/b15-7+/t16-,17-,20+/m0/s1. The van der Waals surface area contributed by atoms with E-state index in [0.29, 0.717) is 23.4 Å². The first-order valence-corrected chi connectivity index (χ1v) is 8.88. The Morgan fingerprint density at radius 2 is 2.05 bits per heavy atom. The van der Waals surface area contributed by atoms with E-state index in [1.54, 1.807) is 0 Å². The smallest absolute Gasteiger partial charge is 0.333 e. The molecule has 0 aromatic heterocycles. The van der Waals surface area contributed by atoms with Gasteiger partial charge in [0.2, 0.25) is 0 Å². The molecule has 0 N–H and O–H groups in total. The average molecular weight is 302 g/mol. The number of carbonyl (C=O) groups is 1. The van der Waals surface area contributed by atoms with Crippen LogP contribution in [0.4, 0.5) is 0 Å². The summed E-state index contributed by atoms with van der Waals surface area (Å²) in [5.74, 6) is 1.19. The topological polar surface area (TPSA) is 26.3 Å². The number of hydrogen-bond donors (Lipinski definition) is 0. The monoisotopic (exact) mass is 302 g/mol. The molecule has 0 aromatic rings. The van der Waals surface area contributed by atoms with Gasteiger partial charge in [-0.1, -0.05) is 45.4 Å². The number of allylic oxidation sites excluding steroid dienone is 2. The number of esters is 1. The summed E-state index contributed by atoms with van der Waals surface area (Å²) in [6.07, 6.45) is 10.3. The van der Waals surface area contributed by atoms with Crippen molar-refractivity contribution in [2.45, 2.75) is 65.7 Å². The van der Waals surface area contributed by atoms with Crippen molar-refractivity contribution in [1.82, 2.24) is 0 Å². The molecule has 0 aromatic carbocycles. The van der Waals surface area contributed by atoms with E-state index in [-0.39, 0.29) is 5.97 Å². The fourth-order valence-electron chi connectivity index (χ4n) is 5.60. The molecule has 2 heteroatoms. The van der Waals surface area contributed by atoms with Crippen LogP contribution in [0.1, 0.15) is 65.7 Å². The zero-order chi connectivity index (χ0) is 16.0. The third-order valence-corrected chi connectivity index (χ3v) is 6.79. The molecule has 1 aliphatic heterocycles. The highest BCUT2D eigenvalue weighted by atomic mass is 16.5. The van der Waals surface area contributed by atoms with Gasteiger partial charge in [-0.15, -0.1) is 0 Å². The third kappa shape index (κ3) is 2.55. The molecule has 0 bridgehead atoms. The molecule has 2 saturated carbocycles. The van der Waals surface area contributed by atoms with E-state index in [2.05, 4.69) is 33.4 Å². The maximum absolute atomic E-state index is 11.7. The van der Waals surface area contributed by atoms with Gasteiger partial charge in [-0.2, -0.15) is 0 Å². The van der Waals surface area contributed by atoms with Crippen molar-refractivity contribution in [3.05, 3.63) is 23.8 Å². The van der Waals surface area contributed by atoms with Gasteiger partial charge in [-0.05, 0) is 54.8 Å². The Morgan fingerprint density at radius 1 is 1.27 bits per heavy atom. The first kappa shape index (κ1) is 15.8. The molecule has 1 heterocycles. The lowest BCUT2D eigenvalue weighted by atomic mass is 9.47. The number of carbonyl (C=O) groups excluding carboxylic acids is 1. The minimum absolute atomic E-state index is 0.105. The van der Waals surface area contributed by atoms with Crippen LogP contribution < -0.4 is 0 Å². The second-order valence-electron chi connectivity index (χ2n) is 8.50. The quantitative estimate of drug-likeness (QED) is 0.405. The van der Waals surface area contributed by atoms with Gasteiger partial charge in [-0.25, -0.2) is 4.79 Å². The maximum atomic E-state index is 11.7. The summed E-state index contributed by atoms with van der Waals surface area (Å²) in [4.78, 5) is 11.7. The minimum atomic E-state index is -0.105. The molecular formula is C20H30O2. The zero-order valence-electron chi connectivity index (χ0n) is 14.4. The maximum Gasteiger partial charge on any atom is 0.333 e. The molecule has 0 radical (unpaired) electrons. The Kier molecular flexibility index (Phi) is 3.99. The number of cyclic esters (lactones) is 1.